The molecule has 2 N–H and O–H groups in total. The van der Waals surface area contributed by atoms with Gasteiger partial charge in [0.2, 0.25) is 0 Å². The number of hydrogen-bond acceptors (Lipinski definition) is 4. The quantitative estimate of drug-likeness (QED) is 0.829. The zero-order valence-electron chi connectivity index (χ0n) is 14.6. The van der Waals surface area contributed by atoms with Gasteiger partial charge < -0.3 is 19.9 Å². The Morgan fingerprint density at radius 1 is 1.12 bits per heavy atom. The van der Waals surface area contributed by atoms with Gasteiger partial charge in [0.15, 0.2) is 11.5 Å². The Balaban J connectivity index is 1.92. The Bertz CT molecular complexity index is 719. The summed E-state index contributed by atoms with van der Waals surface area (Å²) < 4.78 is 10.8. The molecule has 0 radical (unpaired) electrons. The molecule has 134 valence electrons. The number of methoxy groups -OCH3 is 2. The van der Waals surface area contributed by atoms with Crippen LogP contribution in [0.3, 0.4) is 0 Å². The van der Waals surface area contributed by atoms with E-state index in [0.717, 1.165) is 30.1 Å². The number of benzene rings is 2. The van der Waals surface area contributed by atoms with E-state index in [1.165, 1.54) is 5.56 Å². The van der Waals surface area contributed by atoms with E-state index in [9.17, 15) is 5.11 Å². The van der Waals surface area contributed by atoms with Crippen LogP contribution in [-0.4, -0.2) is 39.0 Å². The highest BCUT2D eigenvalue weighted by molar-refractivity contribution is 6.30. The van der Waals surface area contributed by atoms with Crippen molar-refractivity contribution in [2.24, 2.45) is 5.41 Å². The lowest BCUT2D eigenvalue weighted by Crippen LogP contribution is -2.35. The molecule has 5 heteroatoms. The molecule has 0 spiro atoms. The molecule has 0 aliphatic carbocycles. The SMILES string of the molecule is COc1ccc(C2CNCC2(CO)Cc2ccc(Cl)cc2)cc1OC. The summed E-state index contributed by atoms with van der Waals surface area (Å²) >= 11 is 6.00. The van der Waals surface area contributed by atoms with Crippen molar-refractivity contribution in [2.45, 2.75) is 12.3 Å². The van der Waals surface area contributed by atoms with E-state index >= 15 is 0 Å². The summed E-state index contributed by atoms with van der Waals surface area (Å²) in [7, 11) is 3.27. The molecule has 2 aromatic rings. The largest absolute Gasteiger partial charge is 0.493 e. The lowest BCUT2D eigenvalue weighted by atomic mass is 9.71. The molecule has 0 aromatic heterocycles. The summed E-state index contributed by atoms with van der Waals surface area (Å²) in [5, 5.41) is 14.4. The van der Waals surface area contributed by atoms with E-state index in [1.807, 2.05) is 36.4 Å². The van der Waals surface area contributed by atoms with E-state index in [-0.39, 0.29) is 17.9 Å². The Morgan fingerprint density at radius 2 is 1.84 bits per heavy atom. The van der Waals surface area contributed by atoms with Crippen LogP contribution in [0.15, 0.2) is 42.5 Å². The van der Waals surface area contributed by atoms with E-state index in [1.54, 1.807) is 14.2 Å². The van der Waals surface area contributed by atoms with Crippen LogP contribution < -0.4 is 14.8 Å². The Hall–Kier alpha value is -1.75. The molecule has 2 aromatic carbocycles. The van der Waals surface area contributed by atoms with Gasteiger partial charge >= 0.3 is 0 Å². The van der Waals surface area contributed by atoms with Crippen molar-refractivity contribution in [3.8, 4) is 11.5 Å². The molecule has 0 bridgehead atoms. The van der Waals surface area contributed by atoms with Crippen molar-refractivity contribution in [1.29, 1.82) is 0 Å². The standard InChI is InChI=1S/C20H24ClNO3/c1-24-18-8-5-15(9-19(18)25-2)17-11-22-12-20(17,13-23)10-14-3-6-16(21)7-4-14/h3-9,17,22-23H,10-13H2,1-2H3. The fraction of sp³-hybridized carbons (Fsp3) is 0.400. The molecule has 0 amide bonds. The highest BCUT2D eigenvalue weighted by Crippen LogP contribution is 2.43. The maximum absolute atomic E-state index is 10.3. The molecule has 1 fully saturated rings. The third-order valence-electron chi connectivity index (χ3n) is 5.16. The predicted octanol–water partition coefficient (Wildman–Crippen LogP) is 3.27. The first-order chi connectivity index (χ1) is 12.1. The van der Waals surface area contributed by atoms with E-state index in [4.69, 9.17) is 21.1 Å². The van der Waals surface area contributed by atoms with Crippen molar-refractivity contribution in [2.75, 3.05) is 33.9 Å². The number of ether oxygens (including phenoxy) is 2. The predicted molar refractivity (Wildman–Crippen MR) is 99.8 cm³/mol. The summed E-state index contributed by atoms with van der Waals surface area (Å²) in [4.78, 5) is 0. The minimum Gasteiger partial charge on any atom is -0.493 e. The van der Waals surface area contributed by atoms with Crippen LogP contribution in [0, 0.1) is 5.41 Å². The van der Waals surface area contributed by atoms with E-state index in [0.29, 0.717) is 11.5 Å². The van der Waals surface area contributed by atoms with Gasteiger partial charge in [-0.05, 0) is 41.8 Å². The summed E-state index contributed by atoms with van der Waals surface area (Å²) in [5.41, 5.74) is 2.06. The summed E-state index contributed by atoms with van der Waals surface area (Å²) in [6.07, 6.45) is 0.784. The zero-order valence-corrected chi connectivity index (χ0v) is 15.3. The number of nitrogens with one attached hydrogen (secondary N) is 1. The van der Waals surface area contributed by atoms with Crippen molar-refractivity contribution in [3.05, 3.63) is 58.6 Å². The van der Waals surface area contributed by atoms with Crippen molar-refractivity contribution >= 4 is 11.6 Å². The molecule has 25 heavy (non-hydrogen) atoms. The average molecular weight is 362 g/mol. The summed E-state index contributed by atoms with van der Waals surface area (Å²) in [6.45, 7) is 1.70. The zero-order chi connectivity index (χ0) is 17.9. The van der Waals surface area contributed by atoms with Gasteiger partial charge in [-0.2, -0.15) is 0 Å². The lowest BCUT2D eigenvalue weighted by molar-refractivity contribution is 0.126. The highest BCUT2D eigenvalue weighted by Gasteiger charge is 2.43. The second-order valence-electron chi connectivity index (χ2n) is 6.62. The van der Waals surface area contributed by atoms with Crippen LogP contribution in [0.4, 0.5) is 0 Å². The van der Waals surface area contributed by atoms with Gasteiger partial charge in [-0.3, -0.25) is 0 Å². The highest BCUT2D eigenvalue weighted by atomic mass is 35.5. The molecular formula is C20H24ClNO3. The molecule has 4 nitrogen and oxygen atoms in total. The van der Waals surface area contributed by atoms with Crippen LogP contribution in [0.1, 0.15) is 17.0 Å². The number of aliphatic hydroxyl groups is 1. The van der Waals surface area contributed by atoms with Gasteiger partial charge in [-0.25, -0.2) is 0 Å². The number of hydrogen-bond donors (Lipinski definition) is 2. The molecule has 1 saturated heterocycles. The van der Waals surface area contributed by atoms with Gasteiger partial charge in [0.1, 0.15) is 0 Å². The van der Waals surface area contributed by atoms with Crippen LogP contribution in [0.25, 0.3) is 0 Å². The smallest absolute Gasteiger partial charge is 0.160 e. The minimum absolute atomic E-state index is 0.113. The molecule has 2 unspecified atom stereocenters. The molecular weight excluding hydrogens is 338 g/mol. The number of aliphatic hydroxyl groups excluding tert-OH is 1. The summed E-state index contributed by atoms with van der Waals surface area (Å²) in [6, 6.07) is 13.9. The molecule has 1 aliphatic rings. The number of rotatable bonds is 6. The number of halogens is 1. The second-order valence-corrected chi connectivity index (χ2v) is 7.06. The minimum atomic E-state index is -0.257. The third-order valence-corrected chi connectivity index (χ3v) is 5.41. The normalized spacial score (nSPS) is 22.8. The fourth-order valence-corrected chi connectivity index (χ4v) is 3.89. The first-order valence-electron chi connectivity index (χ1n) is 8.40. The topological polar surface area (TPSA) is 50.7 Å². The Morgan fingerprint density at radius 3 is 2.48 bits per heavy atom. The van der Waals surface area contributed by atoms with Gasteiger partial charge in [0, 0.05) is 29.4 Å². The molecule has 1 aliphatic heterocycles. The first kappa shape index (κ1) is 18.1. The lowest BCUT2D eigenvalue weighted by Gasteiger charge is -2.33. The van der Waals surface area contributed by atoms with Crippen LogP contribution in [-0.2, 0) is 6.42 Å². The molecule has 1 heterocycles. The van der Waals surface area contributed by atoms with E-state index < -0.39 is 0 Å². The van der Waals surface area contributed by atoms with Gasteiger partial charge in [-0.1, -0.05) is 29.8 Å². The average Bonchev–Trinajstić information content (AvgIpc) is 3.07. The third kappa shape index (κ3) is 3.61. The maximum atomic E-state index is 10.3. The summed E-state index contributed by atoms with van der Waals surface area (Å²) in [5.74, 6) is 1.61. The van der Waals surface area contributed by atoms with Crippen molar-refractivity contribution in [1.82, 2.24) is 5.32 Å². The maximum Gasteiger partial charge on any atom is 0.160 e. The van der Waals surface area contributed by atoms with Crippen molar-refractivity contribution in [3.63, 3.8) is 0 Å². The first-order valence-corrected chi connectivity index (χ1v) is 8.77. The molecule has 2 atom stereocenters. The van der Waals surface area contributed by atoms with Crippen LogP contribution in [0.5, 0.6) is 11.5 Å². The van der Waals surface area contributed by atoms with E-state index in [2.05, 4.69) is 11.4 Å². The van der Waals surface area contributed by atoms with Crippen LogP contribution >= 0.6 is 11.6 Å². The molecule has 3 rings (SSSR count). The second kappa shape index (κ2) is 7.65. The van der Waals surface area contributed by atoms with Gasteiger partial charge in [0.05, 0.1) is 20.8 Å². The van der Waals surface area contributed by atoms with Gasteiger partial charge in [-0.15, -0.1) is 0 Å². The Labute approximate surface area is 153 Å². The monoisotopic (exact) mass is 361 g/mol. The molecule has 0 saturated carbocycles. The van der Waals surface area contributed by atoms with Crippen molar-refractivity contribution < 1.29 is 14.6 Å². The van der Waals surface area contributed by atoms with Crippen LogP contribution in [0.2, 0.25) is 5.02 Å². The van der Waals surface area contributed by atoms with Gasteiger partial charge in [0.25, 0.3) is 0 Å². The fourth-order valence-electron chi connectivity index (χ4n) is 3.76. The Kier molecular flexibility index (Phi) is 5.52.